The summed E-state index contributed by atoms with van der Waals surface area (Å²) in [4.78, 5) is 27.5. The molecular weight excluding hydrogens is 327 g/mol. The van der Waals surface area contributed by atoms with Gasteiger partial charge in [0.1, 0.15) is 5.69 Å². The summed E-state index contributed by atoms with van der Waals surface area (Å²) in [6.45, 7) is 3.86. The normalized spacial score (nSPS) is 20.0. The van der Waals surface area contributed by atoms with Crippen molar-refractivity contribution in [2.75, 3.05) is 19.6 Å². The molecule has 1 saturated heterocycles. The first-order valence-electron chi connectivity index (χ1n) is 6.86. The van der Waals surface area contributed by atoms with Crippen molar-refractivity contribution in [3.63, 3.8) is 0 Å². The van der Waals surface area contributed by atoms with Crippen LogP contribution in [0.3, 0.4) is 0 Å². The minimum atomic E-state index is -0.337. The van der Waals surface area contributed by atoms with E-state index in [1.807, 2.05) is 0 Å². The first-order chi connectivity index (χ1) is 9.66. The fourth-order valence-corrected chi connectivity index (χ4v) is 2.19. The van der Waals surface area contributed by atoms with Crippen LogP contribution < -0.4 is 16.0 Å². The lowest BCUT2D eigenvalue weighted by molar-refractivity contribution is -0.121. The van der Waals surface area contributed by atoms with Crippen LogP contribution in [-0.4, -0.2) is 42.5 Å². The Balaban J connectivity index is 0.00000220. The van der Waals surface area contributed by atoms with Gasteiger partial charge in [0.2, 0.25) is 5.91 Å². The third-order valence-corrected chi connectivity index (χ3v) is 3.48. The van der Waals surface area contributed by atoms with E-state index in [4.69, 9.17) is 0 Å². The van der Waals surface area contributed by atoms with Crippen LogP contribution in [0, 0.1) is 5.92 Å². The molecule has 0 aliphatic carbocycles. The molecule has 1 aliphatic rings. The van der Waals surface area contributed by atoms with Gasteiger partial charge in [-0.2, -0.15) is 0 Å². The summed E-state index contributed by atoms with van der Waals surface area (Å²) in [5, 5.41) is 8.76. The van der Waals surface area contributed by atoms with E-state index in [1.165, 1.54) is 0 Å². The highest BCUT2D eigenvalue weighted by Gasteiger charge is 2.22. The number of piperidine rings is 1. The predicted molar refractivity (Wildman–Crippen MR) is 89.6 cm³/mol. The number of nitrogens with zero attached hydrogens (tertiary/aromatic N) is 1. The second-order valence-corrected chi connectivity index (χ2v) is 5.04. The highest BCUT2D eigenvalue weighted by Crippen LogP contribution is 2.10. The third-order valence-electron chi connectivity index (χ3n) is 3.48. The zero-order chi connectivity index (χ0) is 14.4. The van der Waals surface area contributed by atoms with Gasteiger partial charge in [-0.25, -0.2) is 0 Å². The Kier molecular flexibility index (Phi) is 9.73. The van der Waals surface area contributed by atoms with Gasteiger partial charge in [-0.3, -0.25) is 14.6 Å². The SMILES string of the molecule is CC1CCNCC1NC(=O)CNC(=O)c1ccccn1.Cl.Cl. The van der Waals surface area contributed by atoms with E-state index >= 15 is 0 Å². The van der Waals surface area contributed by atoms with Crippen molar-refractivity contribution < 1.29 is 9.59 Å². The maximum absolute atomic E-state index is 11.8. The molecule has 124 valence electrons. The standard InChI is InChI=1S/C14H20N4O2.2ClH/c1-10-5-7-15-8-12(10)18-13(19)9-17-14(20)11-4-2-3-6-16-11;;/h2-4,6,10,12,15H,5,7-9H2,1H3,(H,17,20)(H,18,19);2*1H. The van der Waals surface area contributed by atoms with Gasteiger partial charge in [-0.05, 0) is 31.0 Å². The molecule has 2 amide bonds. The average molecular weight is 349 g/mol. The molecule has 0 spiro atoms. The van der Waals surface area contributed by atoms with E-state index in [1.54, 1.807) is 24.4 Å². The van der Waals surface area contributed by atoms with Crippen molar-refractivity contribution >= 4 is 36.6 Å². The number of pyridine rings is 1. The van der Waals surface area contributed by atoms with E-state index in [9.17, 15) is 9.59 Å². The number of halogens is 2. The summed E-state index contributed by atoms with van der Waals surface area (Å²) in [6.07, 6.45) is 2.59. The van der Waals surface area contributed by atoms with E-state index in [0.29, 0.717) is 11.6 Å². The molecule has 2 unspecified atom stereocenters. The number of carbonyl (C=O) groups is 2. The van der Waals surface area contributed by atoms with Gasteiger partial charge in [0.05, 0.1) is 6.54 Å². The molecule has 0 saturated carbocycles. The van der Waals surface area contributed by atoms with E-state index in [-0.39, 0.29) is 49.2 Å². The van der Waals surface area contributed by atoms with Crippen molar-refractivity contribution in [3.05, 3.63) is 30.1 Å². The molecule has 1 aliphatic heterocycles. The van der Waals surface area contributed by atoms with Crippen LogP contribution in [0.5, 0.6) is 0 Å². The molecular formula is C14H22Cl2N4O2. The van der Waals surface area contributed by atoms with E-state index in [0.717, 1.165) is 19.5 Å². The van der Waals surface area contributed by atoms with Gasteiger partial charge in [0.15, 0.2) is 0 Å². The Morgan fingerprint density at radius 2 is 2.14 bits per heavy atom. The largest absolute Gasteiger partial charge is 0.350 e. The number of amides is 2. The maximum atomic E-state index is 11.8. The first kappa shape index (κ1) is 20.6. The Hall–Kier alpha value is -1.37. The van der Waals surface area contributed by atoms with Crippen molar-refractivity contribution in [1.82, 2.24) is 20.9 Å². The smallest absolute Gasteiger partial charge is 0.270 e. The van der Waals surface area contributed by atoms with Crippen LogP contribution in [0.25, 0.3) is 0 Å². The number of hydrogen-bond donors (Lipinski definition) is 3. The molecule has 0 bridgehead atoms. The van der Waals surface area contributed by atoms with Crippen LogP contribution in [0.2, 0.25) is 0 Å². The van der Waals surface area contributed by atoms with Gasteiger partial charge >= 0.3 is 0 Å². The average Bonchev–Trinajstić information content (AvgIpc) is 2.48. The summed E-state index contributed by atoms with van der Waals surface area (Å²) in [5.74, 6) is -0.0582. The molecule has 2 heterocycles. The number of carbonyl (C=O) groups excluding carboxylic acids is 2. The van der Waals surface area contributed by atoms with Gasteiger partial charge in [0.25, 0.3) is 5.91 Å². The second-order valence-electron chi connectivity index (χ2n) is 5.04. The molecule has 1 aromatic rings. The summed E-state index contributed by atoms with van der Waals surface area (Å²) in [7, 11) is 0. The van der Waals surface area contributed by atoms with Crippen LogP contribution in [0.4, 0.5) is 0 Å². The van der Waals surface area contributed by atoms with E-state index in [2.05, 4.69) is 27.9 Å². The van der Waals surface area contributed by atoms with Crippen LogP contribution in [-0.2, 0) is 4.79 Å². The molecule has 2 atom stereocenters. The summed E-state index contributed by atoms with van der Waals surface area (Å²) in [6, 6.07) is 5.21. The molecule has 1 fully saturated rings. The fraction of sp³-hybridized carbons (Fsp3) is 0.500. The molecule has 1 aromatic heterocycles. The zero-order valence-corrected chi connectivity index (χ0v) is 14.0. The number of hydrogen-bond acceptors (Lipinski definition) is 4. The fourth-order valence-electron chi connectivity index (χ4n) is 2.19. The van der Waals surface area contributed by atoms with Gasteiger partial charge in [-0.15, -0.1) is 24.8 Å². The molecule has 0 radical (unpaired) electrons. The lowest BCUT2D eigenvalue weighted by Gasteiger charge is -2.30. The minimum absolute atomic E-state index is 0. The second kappa shape index (κ2) is 10.4. The molecule has 22 heavy (non-hydrogen) atoms. The molecule has 8 heteroatoms. The number of rotatable bonds is 4. The highest BCUT2D eigenvalue weighted by atomic mass is 35.5. The number of nitrogens with one attached hydrogen (secondary N) is 3. The molecule has 3 N–H and O–H groups in total. The van der Waals surface area contributed by atoms with Crippen LogP contribution in [0.15, 0.2) is 24.4 Å². The van der Waals surface area contributed by atoms with Crippen LogP contribution in [0.1, 0.15) is 23.8 Å². The van der Waals surface area contributed by atoms with Crippen molar-refractivity contribution in [2.24, 2.45) is 5.92 Å². The summed E-state index contributed by atoms with van der Waals surface area (Å²) >= 11 is 0. The molecule has 6 nitrogen and oxygen atoms in total. The summed E-state index contributed by atoms with van der Waals surface area (Å²) in [5.41, 5.74) is 0.313. The monoisotopic (exact) mass is 348 g/mol. The van der Waals surface area contributed by atoms with E-state index < -0.39 is 0 Å². The lowest BCUT2D eigenvalue weighted by Crippen LogP contribution is -2.52. The predicted octanol–water partition coefficient (Wildman–Crippen LogP) is 0.769. The van der Waals surface area contributed by atoms with Gasteiger partial charge < -0.3 is 16.0 Å². The Morgan fingerprint density at radius 1 is 1.36 bits per heavy atom. The maximum Gasteiger partial charge on any atom is 0.270 e. The minimum Gasteiger partial charge on any atom is -0.350 e. The molecule has 0 aromatic carbocycles. The quantitative estimate of drug-likeness (QED) is 0.750. The van der Waals surface area contributed by atoms with Crippen LogP contribution >= 0.6 is 24.8 Å². The Morgan fingerprint density at radius 3 is 2.77 bits per heavy atom. The van der Waals surface area contributed by atoms with Crippen molar-refractivity contribution in [2.45, 2.75) is 19.4 Å². The Bertz CT molecular complexity index is 473. The van der Waals surface area contributed by atoms with Gasteiger partial charge in [0, 0.05) is 18.8 Å². The Labute approximate surface area is 142 Å². The molecule has 2 rings (SSSR count). The zero-order valence-electron chi connectivity index (χ0n) is 12.4. The summed E-state index contributed by atoms with van der Waals surface area (Å²) < 4.78 is 0. The highest BCUT2D eigenvalue weighted by molar-refractivity contribution is 5.94. The van der Waals surface area contributed by atoms with Gasteiger partial charge in [-0.1, -0.05) is 13.0 Å². The van der Waals surface area contributed by atoms with Crippen molar-refractivity contribution in [1.29, 1.82) is 0 Å². The number of aromatic nitrogens is 1. The topological polar surface area (TPSA) is 83.1 Å². The lowest BCUT2D eigenvalue weighted by atomic mass is 9.95. The van der Waals surface area contributed by atoms with Crippen molar-refractivity contribution in [3.8, 4) is 0 Å². The first-order valence-corrected chi connectivity index (χ1v) is 6.86. The third kappa shape index (κ3) is 6.17.